The van der Waals surface area contributed by atoms with Crippen LogP contribution in [-0.4, -0.2) is 24.1 Å². The van der Waals surface area contributed by atoms with Gasteiger partial charge >= 0.3 is 0 Å². The molecule has 0 bridgehead atoms. The highest BCUT2D eigenvalue weighted by atomic mass is 15.1. The molecule has 274 valence electrons. The second kappa shape index (κ2) is 13.5. The first-order valence-corrected chi connectivity index (χ1v) is 19.7. The van der Waals surface area contributed by atoms with Gasteiger partial charge < -0.3 is 9.13 Å². The van der Waals surface area contributed by atoms with Crippen molar-refractivity contribution in [3.63, 3.8) is 0 Å². The molecule has 5 nitrogen and oxygen atoms in total. The van der Waals surface area contributed by atoms with E-state index in [4.69, 9.17) is 15.0 Å². The number of fused-ring (bicyclic) bond motifs is 6. The molecule has 0 aliphatic rings. The molecule has 58 heavy (non-hydrogen) atoms. The first-order chi connectivity index (χ1) is 28.6. The lowest BCUT2D eigenvalue weighted by Gasteiger charge is -2.17. The van der Waals surface area contributed by atoms with E-state index < -0.39 is 0 Å². The fraction of sp³-hybridized carbons (Fsp3) is 0.0377. The molecular weight excluding hydrogens is 707 g/mol. The number of rotatable bonds is 6. The Morgan fingerprint density at radius 1 is 0.328 bits per heavy atom. The van der Waals surface area contributed by atoms with Crippen molar-refractivity contribution < 1.29 is 0 Å². The van der Waals surface area contributed by atoms with Crippen molar-refractivity contribution in [2.45, 2.75) is 13.8 Å². The quantitative estimate of drug-likeness (QED) is 0.170. The lowest BCUT2D eigenvalue weighted by Crippen LogP contribution is -2.04. The molecule has 3 heterocycles. The third kappa shape index (κ3) is 5.59. The van der Waals surface area contributed by atoms with Gasteiger partial charge in [0.1, 0.15) is 0 Å². The number of nitrogens with zero attached hydrogens (tertiary/aromatic N) is 5. The third-order valence-corrected chi connectivity index (χ3v) is 11.3. The number of benzene rings is 8. The lowest BCUT2D eigenvalue weighted by molar-refractivity contribution is 1.06. The van der Waals surface area contributed by atoms with Crippen LogP contribution in [0.25, 0.3) is 100 Å². The molecule has 11 aromatic rings. The Balaban J connectivity index is 1.20. The molecule has 0 radical (unpaired) electrons. The van der Waals surface area contributed by atoms with Crippen molar-refractivity contribution in [3.05, 3.63) is 199 Å². The molecule has 0 fully saturated rings. The molecule has 0 spiro atoms. The highest BCUT2D eigenvalue weighted by molar-refractivity contribution is 6.11. The predicted molar refractivity (Wildman–Crippen MR) is 240 cm³/mol. The van der Waals surface area contributed by atoms with E-state index >= 15 is 0 Å². The maximum atomic E-state index is 5.29. The Hall–Kier alpha value is -7.63. The van der Waals surface area contributed by atoms with Crippen LogP contribution in [0.4, 0.5) is 0 Å². The van der Waals surface area contributed by atoms with Crippen molar-refractivity contribution in [1.82, 2.24) is 24.1 Å². The summed E-state index contributed by atoms with van der Waals surface area (Å²) in [6, 6.07) is 66.8. The van der Waals surface area contributed by atoms with Gasteiger partial charge in [-0.1, -0.05) is 133 Å². The predicted octanol–water partition coefficient (Wildman–Crippen LogP) is 13.4. The molecule has 0 unspecified atom stereocenters. The first kappa shape index (κ1) is 33.7. The Morgan fingerprint density at radius 3 is 1.47 bits per heavy atom. The SMILES string of the molecule is Cc1ccc2c3ccc(C)cc3n(-c3ccc(-c4ccc5c(c4)c4ccccc4n5-c4ccccc4)cc3-c3nc(-c4ccccc4)nc(-c4ccccc4)n3)c2c1. The number of aryl methyl sites for hydroxylation is 2. The minimum Gasteiger partial charge on any atom is -0.309 e. The average molecular weight is 744 g/mol. The third-order valence-electron chi connectivity index (χ3n) is 11.3. The number of para-hydroxylation sites is 2. The monoisotopic (exact) mass is 743 g/mol. The van der Waals surface area contributed by atoms with E-state index in [1.807, 2.05) is 36.4 Å². The van der Waals surface area contributed by atoms with Crippen molar-refractivity contribution in [2.24, 2.45) is 0 Å². The first-order valence-electron chi connectivity index (χ1n) is 19.7. The molecule has 0 saturated carbocycles. The zero-order chi connectivity index (χ0) is 38.7. The van der Waals surface area contributed by atoms with Crippen LogP contribution in [0.3, 0.4) is 0 Å². The summed E-state index contributed by atoms with van der Waals surface area (Å²) in [7, 11) is 0. The molecular formula is C53H37N5. The minimum atomic E-state index is 0.613. The standard InChI is InChI=1S/C53H37N5/c1-34-22-26-42-43-27-23-35(2)31-50(43)58(49(42)30-34)48-29-25-39(38-24-28-47-44(32-38)41-20-12-13-21-46(41)57(47)40-18-10-5-11-19-40)33-45(48)53-55-51(36-14-6-3-7-15-36)54-52(56-53)37-16-8-4-9-17-37/h3-33H,1-2H3. The number of aromatic nitrogens is 5. The molecule has 0 atom stereocenters. The van der Waals surface area contributed by atoms with Gasteiger partial charge in [-0.2, -0.15) is 0 Å². The van der Waals surface area contributed by atoms with Crippen LogP contribution in [0, 0.1) is 13.8 Å². The number of hydrogen-bond donors (Lipinski definition) is 0. The van der Waals surface area contributed by atoms with E-state index in [9.17, 15) is 0 Å². The van der Waals surface area contributed by atoms with Gasteiger partial charge in [0, 0.05) is 43.9 Å². The van der Waals surface area contributed by atoms with Crippen LogP contribution in [0.15, 0.2) is 188 Å². The fourth-order valence-corrected chi connectivity index (χ4v) is 8.52. The smallest absolute Gasteiger partial charge is 0.166 e. The second-order valence-corrected chi connectivity index (χ2v) is 15.1. The van der Waals surface area contributed by atoms with E-state index in [1.165, 1.54) is 43.7 Å². The van der Waals surface area contributed by atoms with Crippen LogP contribution >= 0.6 is 0 Å². The summed E-state index contributed by atoms with van der Waals surface area (Å²) in [6.07, 6.45) is 0. The van der Waals surface area contributed by atoms with Gasteiger partial charge in [0.25, 0.3) is 0 Å². The fourth-order valence-electron chi connectivity index (χ4n) is 8.52. The van der Waals surface area contributed by atoms with Crippen LogP contribution in [0.2, 0.25) is 0 Å². The van der Waals surface area contributed by atoms with E-state index in [2.05, 4.69) is 175 Å². The molecule has 0 saturated heterocycles. The van der Waals surface area contributed by atoms with Crippen LogP contribution in [0.1, 0.15) is 11.1 Å². The highest BCUT2D eigenvalue weighted by Crippen LogP contribution is 2.40. The van der Waals surface area contributed by atoms with Gasteiger partial charge in [0.2, 0.25) is 0 Å². The van der Waals surface area contributed by atoms with Gasteiger partial charge in [-0.05, 0) is 90.7 Å². The van der Waals surface area contributed by atoms with Gasteiger partial charge in [-0.25, -0.2) is 15.0 Å². The Labute approximate surface area is 336 Å². The van der Waals surface area contributed by atoms with E-state index in [-0.39, 0.29) is 0 Å². The summed E-state index contributed by atoms with van der Waals surface area (Å²) in [5.41, 5.74) is 14.2. The maximum Gasteiger partial charge on any atom is 0.166 e. The highest BCUT2D eigenvalue weighted by Gasteiger charge is 2.21. The van der Waals surface area contributed by atoms with Crippen LogP contribution in [0.5, 0.6) is 0 Å². The van der Waals surface area contributed by atoms with Gasteiger partial charge in [-0.15, -0.1) is 0 Å². The van der Waals surface area contributed by atoms with Gasteiger partial charge in [0.15, 0.2) is 17.5 Å². The molecule has 0 N–H and O–H groups in total. The van der Waals surface area contributed by atoms with Crippen molar-refractivity contribution in [1.29, 1.82) is 0 Å². The van der Waals surface area contributed by atoms with Gasteiger partial charge in [-0.3, -0.25) is 0 Å². The average Bonchev–Trinajstić information content (AvgIpc) is 3.78. The summed E-state index contributed by atoms with van der Waals surface area (Å²) >= 11 is 0. The Kier molecular flexibility index (Phi) is 7.86. The summed E-state index contributed by atoms with van der Waals surface area (Å²) < 4.78 is 4.75. The Bertz CT molecular complexity index is 3230. The topological polar surface area (TPSA) is 48.5 Å². The van der Waals surface area contributed by atoms with Crippen LogP contribution < -0.4 is 0 Å². The molecule has 5 heteroatoms. The molecule has 0 amide bonds. The summed E-state index contributed by atoms with van der Waals surface area (Å²) in [6.45, 7) is 4.32. The molecule has 0 aliphatic heterocycles. The zero-order valence-corrected chi connectivity index (χ0v) is 32.1. The van der Waals surface area contributed by atoms with Crippen molar-refractivity contribution >= 4 is 43.6 Å². The van der Waals surface area contributed by atoms with Crippen LogP contribution in [-0.2, 0) is 0 Å². The van der Waals surface area contributed by atoms with E-state index in [0.717, 1.165) is 50.2 Å². The van der Waals surface area contributed by atoms with E-state index in [0.29, 0.717) is 17.5 Å². The largest absolute Gasteiger partial charge is 0.309 e. The van der Waals surface area contributed by atoms with Crippen molar-refractivity contribution in [3.8, 4) is 56.7 Å². The Morgan fingerprint density at radius 2 is 0.828 bits per heavy atom. The van der Waals surface area contributed by atoms with Gasteiger partial charge in [0.05, 0.1) is 27.8 Å². The molecule has 3 aromatic heterocycles. The normalized spacial score (nSPS) is 11.6. The second-order valence-electron chi connectivity index (χ2n) is 15.1. The molecule has 11 rings (SSSR count). The maximum absolute atomic E-state index is 5.29. The lowest BCUT2D eigenvalue weighted by atomic mass is 9.99. The molecule has 0 aliphatic carbocycles. The van der Waals surface area contributed by atoms with Crippen molar-refractivity contribution in [2.75, 3.05) is 0 Å². The number of hydrogen-bond acceptors (Lipinski definition) is 3. The zero-order valence-electron chi connectivity index (χ0n) is 32.1. The summed E-state index contributed by atoms with van der Waals surface area (Å²) in [5.74, 6) is 1.87. The summed E-state index contributed by atoms with van der Waals surface area (Å²) in [5, 5.41) is 4.84. The van der Waals surface area contributed by atoms with E-state index in [1.54, 1.807) is 0 Å². The summed E-state index contributed by atoms with van der Waals surface area (Å²) in [4.78, 5) is 15.6. The molecule has 8 aromatic carbocycles. The minimum absolute atomic E-state index is 0.613.